The number of para-hydroxylation sites is 1. The Bertz CT molecular complexity index is 760. The summed E-state index contributed by atoms with van der Waals surface area (Å²) in [5.41, 5.74) is 2.88. The molecule has 0 atom stereocenters. The lowest BCUT2D eigenvalue weighted by Gasteiger charge is -2.22. The molecule has 0 saturated heterocycles. The summed E-state index contributed by atoms with van der Waals surface area (Å²) >= 11 is 0. The van der Waals surface area contributed by atoms with E-state index in [1.54, 1.807) is 7.11 Å². The van der Waals surface area contributed by atoms with Crippen molar-refractivity contribution in [2.24, 2.45) is 0 Å². The Morgan fingerprint density at radius 1 is 0.933 bits per heavy atom. The highest BCUT2D eigenvalue weighted by Gasteiger charge is 2.15. The fraction of sp³-hybridized carbons (Fsp3) is 0.640. The normalized spacial score (nSPS) is 11.9. The van der Waals surface area contributed by atoms with Gasteiger partial charge in [0.05, 0.1) is 30.0 Å². The number of unbranched alkanes of at least 4 members (excludes halogenated alkanes) is 2. The number of nitrogens with zero attached hydrogens (tertiary/aromatic N) is 1. The van der Waals surface area contributed by atoms with Gasteiger partial charge in [0.1, 0.15) is 5.75 Å². The van der Waals surface area contributed by atoms with E-state index in [1.807, 2.05) is 18.2 Å². The summed E-state index contributed by atoms with van der Waals surface area (Å²) in [6, 6.07) is 8.16. The lowest BCUT2D eigenvalue weighted by Crippen LogP contribution is -2.24. The van der Waals surface area contributed by atoms with E-state index in [0.29, 0.717) is 13.2 Å². The van der Waals surface area contributed by atoms with E-state index < -0.39 is 0 Å². The Hall–Kier alpha value is -1.69. The molecule has 0 fully saturated rings. The highest BCUT2D eigenvalue weighted by atomic mass is 16.5. The first-order valence-electron chi connectivity index (χ1n) is 11.2. The topological polar surface area (TPSA) is 49.8 Å². The summed E-state index contributed by atoms with van der Waals surface area (Å²) in [4.78, 5) is 4.81. The first-order valence-corrected chi connectivity index (χ1v) is 11.2. The van der Waals surface area contributed by atoms with Crippen LogP contribution in [0.2, 0.25) is 0 Å². The molecular weight excluding hydrogens is 378 g/mol. The third-order valence-electron chi connectivity index (χ3n) is 5.39. The van der Waals surface area contributed by atoms with Gasteiger partial charge in [0.25, 0.3) is 0 Å². The molecule has 0 aliphatic heterocycles. The molecule has 0 amide bonds. The van der Waals surface area contributed by atoms with Crippen LogP contribution in [0.15, 0.2) is 24.3 Å². The summed E-state index contributed by atoms with van der Waals surface area (Å²) < 4.78 is 23.1. The molecule has 2 aromatic rings. The molecule has 0 saturated carbocycles. The van der Waals surface area contributed by atoms with Crippen molar-refractivity contribution in [3.8, 4) is 5.75 Å². The van der Waals surface area contributed by atoms with Crippen molar-refractivity contribution >= 4 is 10.9 Å². The quantitative estimate of drug-likeness (QED) is 0.340. The molecule has 0 N–H and O–H groups in total. The third kappa shape index (κ3) is 7.86. The van der Waals surface area contributed by atoms with Crippen molar-refractivity contribution in [2.75, 3.05) is 33.5 Å². The number of hydrogen-bond acceptors (Lipinski definition) is 5. The number of hydrogen-bond donors (Lipinski definition) is 0. The summed E-state index contributed by atoms with van der Waals surface area (Å²) in [7, 11) is 1.74. The standard InChI is InChI=1S/C25H39NO4/c1-6-7-17-30-24-20(2)23(26-22-13-9-8-12-21(22)24)19-29-16-11-10-15-28-18-14-25(3,4)27-5/h8-9,12-13H,6-7,10-11,14-19H2,1-5H3. The summed E-state index contributed by atoms with van der Waals surface area (Å²) in [6.45, 7) is 11.8. The zero-order valence-electron chi connectivity index (χ0n) is 19.5. The molecule has 168 valence electrons. The van der Waals surface area contributed by atoms with Crippen LogP contribution >= 0.6 is 0 Å². The number of rotatable bonds is 15. The minimum absolute atomic E-state index is 0.118. The van der Waals surface area contributed by atoms with Crippen LogP contribution in [0.25, 0.3) is 10.9 Å². The van der Waals surface area contributed by atoms with Crippen molar-refractivity contribution < 1.29 is 18.9 Å². The highest BCUT2D eigenvalue weighted by Crippen LogP contribution is 2.31. The summed E-state index contributed by atoms with van der Waals surface area (Å²) in [5.74, 6) is 0.944. The third-order valence-corrected chi connectivity index (χ3v) is 5.39. The lowest BCUT2D eigenvalue weighted by molar-refractivity contribution is -0.0108. The van der Waals surface area contributed by atoms with Gasteiger partial charge in [0.15, 0.2) is 0 Å². The number of benzene rings is 1. The molecule has 2 rings (SSSR count). The minimum atomic E-state index is -0.118. The van der Waals surface area contributed by atoms with Crippen LogP contribution in [0.1, 0.15) is 64.1 Å². The van der Waals surface area contributed by atoms with Gasteiger partial charge in [-0.05, 0) is 58.6 Å². The minimum Gasteiger partial charge on any atom is -0.493 e. The Morgan fingerprint density at radius 3 is 2.40 bits per heavy atom. The van der Waals surface area contributed by atoms with E-state index in [1.165, 1.54) is 0 Å². The average molecular weight is 418 g/mol. The molecule has 30 heavy (non-hydrogen) atoms. The number of fused-ring (bicyclic) bond motifs is 1. The second-order valence-electron chi connectivity index (χ2n) is 8.32. The molecule has 1 heterocycles. The molecule has 0 aliphatic carbocycles. The van der Waals surface area contributed by atoms with Crippen LogP contribution in [0.3, 0.4) is 0 Å². The van der Waals surface area contributed by atoms with E-state index in [-0.39, 0.29) is 5.60 Å². The number of ether oxygens (including phenoxy) is 4. The molecule has 0 unspecified atom stereocenters. The van der Waals surface area contributed by atoms with Gasteiger partial charge in [0, 0.05) is 37.9 Å². The Labute approximate surface area is 182 Å². The van der Waals surface area contributed by atoms with Crippen LogP contribution in [0, 0.1) is 6.92 Å². The van der Waals surface area contributed by atoms with Gasteiger partial charge in [-0.2, -0.15) is 0 Å². The SMILES string of the molecule is CCCCOc1c(C)c(COCCCCOCCC(C)(C)OC)nc2ccccc12. The molecule has 5 nitrogen and oxygen atoms in total. The number of pyridine rings is 1. The number of aromatic nitrogens is 1. The van der Waals surface area contributed by atoms with Crippen LogP contribution in [-0.4, -0.2) is 44.1 Å². The maximum Gasteiger partial charge on any atom is 0.133 e. The zero-order chi connectivity index (χ0) is 21.8. The Balaban J connectivity index is 1.78. The molecule has 0 bridgehead atoms. The second-order valence-corrected chi connectivity index (χ2v) is 8.32. The number of methoxy groups -OCH3 is 1. The summed E-state index contributed by atoms with van der Waals surface area (Å²) in [6.07, 6.45) is 5.03. The predicted octanol–water partition coefficient (Wildman–Crippen LogP) is 5.85. The van der Waals surface area contributed by atoms with E-state index >= 15 is 0 Å². The highest BCUT2D eigenvalue weighted by molar-refractivity contribution is 5.86. The van der Waals surface area contributed by atoms with Crippen molar-refractivity contribution in [1.29, 1.82) is 0 Å². The molecule has 1 aromatic heterocycles. The van der Waals surface area contributed by atoms with Crippen molar-refractivity contribution in [3.63, 3.8) is 0 Å². The van der Waals surface area contributed by atoms with Gasteiger partial charge in [-0.25, -0.2) is 4.98 Å². The first-order chi connectivity index (χ1) is 14.5. The molecular formula is C25H39NO4. The predicted molar refractivity (Wildman–Crippen MR) is 122 cm³/mol. The van der Waals surface area contributed by atoms with Crippen LogP contribution < -0.4 is 4.74 Å². The van der Waals surface area contributed by atoms with Crippen LogP contribution in [-0.2, 0) is 20.8 Å². The maximum atomic E-state index is 6.12. The van der Waals surface area contributed by atoms with Gasteiger partial charge >= 0.3 is 0 Å². The second kappa shape index (κ2) is 12.9. The van der Waals surface area contributed by atoms with Crippen molar-refractivity contribution in [3.05, 3.63) is 35.5 Å². The van der Waals surface area contributed by atoms with Gasteiger partial charge in [0.2, 0.25) is 0 Å². The average Bonchev–Trinajstić information content (AvgIpc) is 2.74. The van der Waals surface area contributed by atoms with E-state index in [0.717, 1.165) is 79.8 Å². The molecule has 0 spiro atoms. The molecule has 1 aromatic carbocycles. The monoisotopic (exact) mass is 417 g/mol. The van der Waals surface area contributed by atoms with Crippen LogP contribution in [0.4, 0.5) is 0 Å². The zero-order valence-corrected chi connectivity index (χ0v) is 19.5. The smallest absolute Gasteiger partial charge is 0.133 e. The Kier molecular flexibility index (Phi) is 10.6. The lowest BCUT2D eigenvalue weighted by atomic mass is 10.1. The van der Waals surface area contributed by atoms with Gasteiger partial charge in [-0.3, -0.25) is 0 Å². The maximum absolute atomic E-state index is 6.12. The fourth-order valence-corrected chi connectivity index (χ4v) is 3.07. The molecule has 5 heteroatoms. The Morgan fingerprint density at radius 2 is 1.67 bits per heavy atom. The van der Waals surface area contributed by atoms with E-state index in [4.69, 9.17) is 23.9 Å². The fourth-order valence-electron chi connectivity index (χ4n) is 3.07. The largest absolute Gasteiger partial charge is 0.493 e. The first kappa shape index (κ1) is 24.6. The summed E-state index contributed by atoms with van der Waals surface area (Å²) in [5, 5.41) is 1.07. The van der Waals surface area contributed by atoms with Crippen molar-refractivity contribution in [2.45, 2.75) is 72.0 Å². The van der Waals surface area contributed by atoms with Gasteiger partial charge < -0.3 is 18.9 Å². The van der Waals surface area contributed by atoms with E-state index in [2.05, 4.69) is 33.8 Å². The van der Waals surface area contributed by atoms with Gasteiger partial charge in [-0.15, -0.1) is 0 Å². The molecule has 0 aliphatic rings. The molecule has 0 radical (unpaired) electrons. The van der Waals surface area contributed by atoms with Crippen molar-refractivity contribution in [1.82, 2.24) is 4.98 Å². The van der Waals surface area contributed by atoms with E-state index in [9.17, 15) is 0 Å². The van der Waals surface area contributed by atoms with Gasteiger partial charge in [-0.1, -0.05) is 25.5 Å². The van der Waals surface area contributed by atoms with Crippen LogP contribution in [0.5, 0.6) is 5.75 Å².